The highest BCUT2D eigenvalue weighted by Crippen LogP contribution is 2.19. The van der Waals surface area contributed by atoms with E-state index in [1.54, 1.807) is 25.3 Å². The number of hydrogen-bond donors (Lipinski definition) is 1. The maximum Gasteiger partial charge on any atom is 0.419 e. The van der Waals surface area contributed by atoms with E-state index in [9.17, 15) is 9.59 Å². The second-order valence-corrected chi connectivity index (χ2v) is 6.23. The van der Waals surface area contributed by atoms with Crippen LogP contribution in [0.25, 0.3) is 11.1 Å². The van der Waals surface area contributed by atoms with E-state index >= 15 is 0 Å². The molecule has 0 fully saturated rings. The van der Waals surface area contributed by atoms with Crippen LogP contribution < -0.4 is 15.8 Å². The molecule has 2 aromatic carbocycles. The summed E-state index contributed by atoms with van der Waals surface area (Å²) < 4.78 is 11.9. The number of methoxy groups -OCH3 is 1. The first kappa shape index (κ1) is 18.1. The van der Waals surface area contributed by atoms with E-state index in [0.29, 0.717) is 29.1 Å². The molecular weight excluding hydrogens is 356 g/mol. The standard InChI is InChI=1S/C19H19ClN2O4/c1-25-16-5-3-2-4-13(16)8-10-21-18(23)9-11-22-15-12-14(20)6-7-17(15)26-19(22)24/h2-7,12H,8-11H2,1H3,(H,21,23). The maximum atomic E-state index is 12.1. The van der Waals surface area contributed by atoms with E-state index in [2.05, 4.69) is 5.32 Å². The van der Waals surface area contributed by atoms with E-state index < -0.39 is 5.76 Å². The Labute approximate surface area is 155 Å². The minimum atomic E-state index is -0.496. The van der Waals surface area contributed by atoms with Crippen LogP contribution >= 0.6 is 11.6 Å². The van der Waals surface area contributed by atoms with Crippen molar-refractivity contribution in [1.29, 1.82) is 0 Å². The van der Waals surface area contributed by atoms with Gasteiger partial charge in [0.2, 0.25) is 5.91 Å². The highest BCUT2D eigenvalue weighted by atomic mass is 35.5. The molecule has 0 radical (unpaired) electrons. The topological polar surface area (TPSA) is 73.5 Å². The number of carbonyl (C=O) groups excluding carboxylic acids is 1. The van der Waals surface area contributed by atoms with Crippen LogP contribution in [-0.4, -0.2) is 24.1 Å². The summed E-state index contributed by atoms with van der Waals surface area (Å²) in [5, 5.41) is 3.36. The van der Waals surface area contributed by atoms with E-state index in [-0.39, 0.29) is 18.9 Å². The lowest BCUT2D eigenvalue weighted by Crippen LogP contribution is -2.28. The third kappa shape index (κ3) is 4.08. The number of rotatable bonds is 7. The molecule has 1 heterocycles. The van der Waals surface area contributed by atoms with Crippen molar-refractivity contribution in [3.63, 3.8) is 0 Å². The van der Waals surface area contributed by atoms with Crippen LogP contribution in [0.5, 0.6) is 5.75 Å². The lowest BCUT2D eigenvalue weighted by atomic mass is 10.1. The molecule has 3 aromatic rings. The number of nitrogens with zero attached hydrogens (tertiary/aromatic N) is 1. The zero-order valence-corrected chi connectivity index (χ0v) is 15.1. The highest BCUT2D eigenvalue weighted by molar-refractivity contribution is 6.31. The SMILES string of the molecule is COc1ccccc1CCNC(=O)CCn1c(=O)oc2ccc(Cl)cc21. The molecule has 0 aliphatic carbocycles. The summed E-state index contributed by atoms with van der Waals surface area (Å²) in [6, 6.07) is 12.6. The maximum absolute atomic E-state index is 12.1. The van der Waals surface area contributed by atoms with Gasteiger partial charge in [0.05, 0.1) is 12.6 Å². The van der Waals surface area contributed by atoms with E-state index in [1.165, 1.54) is 4.57 Å². The summed E-state index contributed by atoms with van der Waals surface area (Å²) in [5.74, 6) is 0.169. The number of benzene rings is 2. The fourth-order valence-electron chi connectivity index (χ4n) is 2.79. The van der Waals surface area contributed by atoms with Crippen molar-refractivity contribution in [2.75, 3.05) is 13.7 Å². The van der Waals surface area contributed by atoms with Gasteiger partial charge in [-0.2, -0.15) is 0 Å². The Morgan fingerprint density at radius 3 is 2.88 bits per heavy atom. The van der Waals surface area contributed by atoms with Gasteiger partial charge in [0.15, 0.2) is 5.58 Å². The molecule has 136 valence electrons. The Hall–Kier alpha value is -2.73. The highest BCUT2D eigenvalue weighted by Gasteiger charge is 2.11. The van der Waals surface area contributed by atoms with Crippen LogP contribution in [0.2, 0.25) is 5.02 Å². The lowest BCUT2D eigenvalue weighted by Gasteiger charge is -2.09. The smallest absolute Gasteiger partial charge is 0.419 e. The zero-order valence-electron chi connectivity index (χ0n) is 14.3. The van der Waals surface area contributed by atoms with Gasteiger partial charge in [-0.15, -0.1) is 0 Å². The summed E-state index contributed by atoms with van der Waals surface area (Å²) >= 11 is 5.97. The van der Waals surface area contributed by atoms with Gasteiger partial charge < -0.3 is 14.5 Å². The number of carbonyl (C=O) groups is 1. The van der Waals surface area contributed by atoms with Crippen LogP contribution in [0.15, 0.2) is 51.7 Å². The van der Waals surface area contributed by atoms with Crippen molar-refractivity contribution in [3.05, 3.63) is 63.6 Å². The molecule has 0 saturated carbocycles. The largest absolute Gasteiger partial charge is 0.496 e. The molecule has 0 aliphatic rings. The fourth-order valence-corrected chi connectivity index (χ4v) is 2.96. The summed E-state index contributed by atoms with van der Waals surface area (Å²) in [7, 11) is 1.62. The molecule has 0 atom stereocenters. The number of halogens is 1. The second kappa shape index (κ2) is 8.10. The van der Waals surface area contributed by atoms with Crippen LogP contribution in [0, 0.1) is 0 Å². The first-order chi connectivity index (χ1) is 12.6. The first-order valence-electron chi connectivity index (χ1n) is 8.26. The molecule has 0 unspecified atom stereocenters. The van der Waals surface area contributed by atoms with Gasteiger partial charge >= 0.3 is 5.76 Å². The Morgan fingerprint density at radius 1 is 1.27 bits per heavy atom. The summed E-state index contributed by atoms with van der Waals surface area (Å²) in [6.07, 6.45) is 0.840. The molecule has 0 bridgehead atoms. The van der Waals surface area contributed by atoms with Crippen molar-refractivity contribution >= 4 is 28.6 Å². The number of aryl methyl sites for hydroxylation is 1. The molecular formula is C19H19ClN2O4. The first-order valence-corrected chi connectivity index (χ1v) is 8.64. The monoisotopic (exact) mass is 374 g/mol. The van der Waals surface area contributed by atoms with Gasteiger partial charge in [0, 0.05) is 24.5 Å². The van der Waals surface area contributed by atoms with Crippen molar-refractivity contribution in [1.82, 2.24) is 9.88 Å². The van der Waals surface area contributed by atoms with Crippen LogP contribution in [-0.2, 0) is 17.8 Å². The quantitative estimate of drug-likeness (QED) is 0.690. The van der Waals surface area contributed by atoms with Gasteiger partial charge in [-0.3, -0.25) is 9.36 Å². The normalized spacial score (nSPS) is 10.8. The summed E-state index contributed by atoms with van der Waals surface area (Å²) in [5.41, 5.74) is 2.07. The van der Waals surface area contributed by atoms with Crippen molar-refractivity contribution in [2.24, 2.45) is 0 Å². The summed E-state index contributed by atoms with van der Waals surface area (Å²) in [6.45, 7) is 0.721. The predicted octanol–water partition coefficient (Wildman–Crippen LogP) is 3.01. The van der Waals surface area contributed by atoms with Crippen LogP contribution in [0.4, 0.5) is 0 Å². The van der Waals surface area contributed by atoms with Crippen molar-refractivity contribution in [2.45, 2.75) is 19.4 Å². The molecule has 1 aromatic heterocycles. The van der Waals surface area contributed by atoms with Crippen LogP contribution in [0.3, 0.4) is 0 Å². The molecule has 7 heteroatoms. The molecule has 6 nitrogen and oxygen atoms in total. The number of para-hydroxylation sites is 1. The van der Waals surface area contributed by atoms with Crippen molar-refractivity contribution < 1.29 is 13.9 Å². The Balaban J connectivity index is 1.56. The molecule has 0 aliphatic heterocycles. The van der Waals surface area contributed by atoms with E-state index in [1.807, 2.05) is 24.3 Å². The third-order valence-electron chi connectivity index (χ3n) is 4.10. The number of ether oxygens (including phenoxy) is 1. The van der Waals surface area contributed by atoms with Gasteiger partial charge in [0.1, 0.15) is 5.75 Å². The number of aromatic nitrogens is 1. The van der Waals surface area contributed by atoms with Gasteiger partial charge in [0.25, 0.3) is 0 Å². The van der Waals surface area contributed by atoms with E-state index in [0.717, 1.165) is 11.3 Å². The Morgan fingerprint density at radius 2 is 2.08 bits per heavy atom. The fraction of sp³-hybridized carbons (Fsp3) is 0.263. The minimum absolute atomic E-state index is 0.136. The molecule has 0 spiro atoms. The number of amides is 1. The molecule has 26 heavy (non-hydrogen) atoms. The predicted molar refractivity (Wildman–Crippen MR) is 99.8 cm³/mol. The number of fused-ring (bicyclic) bond motifs is 1. The Bertz CT molecular complexity index is 977. The lowest BCUT2D eigenvalue weighted by molar-refractivity contribution is -0.121. The minimum Gasteiger partial charge on any atom is -0.496 e. The Kier molecular flexibility index (Phi) is 5.63. The van der Waals surface area contributed by atoms with Gasteiger partial charge in [-0.1, -0.05) is 29.8 Å². The summed E-state index contributed by atoms with van der Waals surface area (Å²) in [4.78, 5) is 24.0. The molecule has 1 N–H and O–H groups in total. The number of nitrogens with one attached hydrogen (secondary N) is 1. The third-order valence-corrected chi connectivity index (χ3v) is 4.34. The average molecular weight is 375 g/mol. The molecule has 3 rings (SSSR count). The van der Waals surface area contributed by atoms with Gasteiger partial charge in [-0.05, 0) is 36.2 Å². The van der Waals surface area contributed by atoms with Crippen molar-refractivity contribution in [3.8, 4) is 5.75 Å². The zero-order chi connectivity index (χ0) is 18.5. The number of hydrogen-bond acceptors (Lipinski definition) is 4. The number of oxazole rings is 1. The molecule has 1 amide bonds. The average Bonchev–Trinajstić information content (AvgIpc) is 2.95. The molecule has 0 saturated heterocycles. The van der Waals surface area contributed by atoms with Gasteiger partial charge in [-0.25, -0.2) is 4.79 Å². The van der Waals surface area contributed by atoms with Crippen LogP contribution in [0.1, 0.15) is 12.0 Å². The second-order valence-electron chi connectivity index (χ2n) is 5.79. The van der Waals surface area contributed by atoms with E-state index in [4.69, 9.17) is 20.8 Å².